The van der Waals surface area contributed by atoms with Crippen molar-refractivity contribution in [3.05, 3.63) is 64.0 Å². The molecule has 6 rings (SSSR count). The highest BCUT2D eigenvalue weighted by Crippen LogP contribution is 2.44. The van der Waals surface area contributed by atoms with E-state index >= 15 is 0 Å². The van der Waals surface area contributed by atoms with E-state index in [1.165, 1.54) is 0 Å². The van der Waals surface area contributed by atoms with E-state index in [2.05, 4.69) is 23.3 Å². The molecule has 3 aliphatic rings. The number of piperidine rings is 1. The minimum Gasteiger partial charge on any atom is -0.488 e. The number of thiazole rings is 1. The van der Waals surface area contributed by atoms with Gasteiger partial charge in [-0.2, -0.15) is 0 Å². The smallest absolute Gasteiger partial charge is 0.307 e. The molecule has 0 radical (unpaired) electrons. The van der Waals surface area contributed by atoms with Crippen molar-refractivity contribution in [2.45, 2.75) is 46.1 Å². The second-order valence-electron chi connectivity index (χ2n) is 11.3. The van der Waals surface area contributed by atoms with Gasteiger partial charge in [-0.05, 0) is 86.8 Å². The fraction of sp³-hybridized carbons (Fsp3) is 0.452. The van der Waals surface area contributed by atoms with E-state index in [1.807, 2.05) is 42.2 Å². The summed E-state index contributed by atoms with van der Waals surface area (Å²) in [6.45, 7) is 7.71. The summed E-state index contributed by atoms with van der Waals surface area (Å²) < 4.78 is 6.34. The number of hydrogen-bond acceptors (Lipinski definition) is 6. The summed E-state index contributed by atoms with van der Waals surface area (Å²) in [7, 11) is 0. The van der Waals surface area contributed by atoms with E-state index in [-0.39, 0.29) is 23.7 Å². The number of fused-ring (bicyclic) bond motifs is 2. The predicted octanol–water partition coefficient (Wildman–Crippen LogP) is 5.79. The highest BCUT2D eigenvalue weighted by Gasteiger charge is 2.46. The van der Waals surface area contributed by atoms with Gasteiger partial charge in [0.05, 0.1) is 11.6 Å². The van der Waals surface area contributed by atoms with Crippen LogP contribution in [0.25, 0.3) is 11.3 Å². The van der Waals surface area contributed by atoms with Crippen molar-refractivity contribution in [2.24, 2.45) is 17.8 Å². The minimum atomic E-state index is -0.647. The van der Waals surface area contributed by atoms with Gasteiger partial charge in [-0.25, -0.2) is 4.98 Å². The zero-order chi connectivity index (χ0) is 27.1. The van der Waals surface area contributed by atoms with Gasteiger partial charge in [0.2, 0.25) is 0 Å². The number of aliphatic carboxylic acids is 1. The molecule has 0 spiro atoms. The maximum Gasteiger partial charge on any atom is 0.307 e. The second-order valence-corrected chi connectivity index (χ2v) is 12.1. The number of carbonyl (C=O) groups excluding carboxylic acids is 1. The lowest BCUT2D eigenvalue weighted by molar-refractivity contribution is -0.144. The maximum absolute atomic E-state index is 12.8. The van der Waals surface area contributed by atoms with Gasteiger partial charge in [-0.3, -0.25) is 9.59 Å². The number of hydrogen-bond donors (Lipinski definition) is 1. The predicted molar refractivity (Wildman–Crippen MR) is 152 cm³/mol. The molecule has 1 N–H and O–H groups in total. The van der Waals surface area contributed by atoms with Gasteiger partial charge in [-0.15, -0.1) is 11.3 Å². The Bertz CT molecular complexity index is 1380. The van der Waals surface area contributed by atoms with Crippen molar-refractivity contribution < 1.29 is 19.4 Å². The summed E-state index contributed by atoms with van der Waals surface area (Å²) in [5.41, 5.74) is 5.81. The molecule has 7 nitrogen and oxygen atoms in total. The molecule has 204 valence electrons. The van der Waals surface area contributed by atoms with Gasteiger partial charge in [0, 0.05) is 42.7 Å². The van der Waals surface area contributed by atoms with Crippen LogP contribution < -0.4 is 9.64 Å². The molecule has 2 unspecified atom stereocenters. The number of rotatable bonds is 7. The summed E-state index contributed by atoms with van der Waals surface area (Å²) in [5, 5.41) is 12.7. The van der Waals surface area contributed by atoms with Gasteiger partial charge in [-0.1, -0.05) is 17.7 Å². The molecule has 3 fully saturated rings. The quantitative estimate of drug-likeness (QED) is 0.405. The van der Waals surface area contributed by atoms with Crippen LogP contribution in [-0.4, -0.2) is 53.0 Å². The number of likely N-dealkylation sites (tertiary alicyclic amines) is 1. The third kappa shape index (κ3) is 5.14. The molecule has 2 bridgehead atoms. The Kier molecular flexibility index (Phi) is 7.06. The highest BCUT2D eigenvalue weighted by atomic mass is 32.1. The monoisotopic (exact) mass is 545 g/mol. The zero-order valence-corrected chi connectivity index (χ0v) is 23.4. The third-order valence-electron chi connectivity index (χ3n) is 8.66. The minimum absolute atomic E-state index is 0.114. The topological polar surface area (TPSA) is 83.0 Å². The van der Waals surface area contributed by atoms with Crippen LogP contribution in [0.1, 0.15) is 52.7 Å². The number of carboxylic acid groups (broad SMARTS) is 1. The molecule has 1 aliphatic carbocycles. The van der Waals surface area contributed by atoms with Gasteiger partial charge in [0.1, 0.15) is 12.4 Å². The Morgan fingerprint density at radius 3 is 2.49 bits per heavy atom. The first-order chi connectivity index (χ1) is 18.9. The molecule has 1 saturated carbocycles. The van der Waals surface area contributed by atoms with Crippen LogP contribution in [0.3, 0.4) is 0 Å². The fourth-order valence-corrected chi connectivity index (χ4v) is 7.38. The normalized spacial score (nSPS) is 22.4. The summed E-state index contributed by atoms with van der Waals surface area (Å²) in [5.74, 6) is 0.431. The van der Waals surface area contributed by atoms with Gasteiger partial charge in [0.15, 0.2) is 5.13 Å². The largest absolute Gasteiger partial charge is 0.488 e. The summed E-state index contributed by atoms with van der Waals surface area (Å²) >= 11 is 1.61. The molecule has 1 amide bonds. The molecule has 3 heterocycles. The van der Waals surface area contributed by atoms with Gasteiger partial charge >= 0.3 is 5.97 Å². The van der Waals surface area contributed by atoms with E-state index in [4.69, 9.17) is 9.72 Å². The molecule has 2 aliphatic heterocycles. The second kappa shape index (κ2) is 10.6. The lowest BCUT2D eigenvalue weighted by Gasteiger charge is -2.35. The van der Waals surface area contributed by atoms with Gasteiger partial charge < -0.3 is 19.6 Å². The number of ether oxygens (including phenoxy) is 1. The number of carboxylic acids is 1. The average molecular weight is 546 g/mol. The van der Waals surface area contributed by atoms with Crippen LogP contribution in [0, 0.1) is 31.6 Å². The number of anilines is 1. The van der Waals surface area contributed by atoms with Crippen molar-refractivity contribution in [3.63, 3.8) is 0 Å². The number of amides is 1. The first kappa shape index (κ1) is 25.9. The molecule has 3 atom stereocenters. The lowest BCUT2D eigenvalue weighted by Crippen LogP contribution is -2.44. The first-order valence-corrected chi connectivity index (χ1v) is 14.8. The van der Waals surface area contributed by atoms with E-state index < -0.39 is 5.97 Å². The van der Waals surface area contributed by atoms with E-state index in [0.717, 1.165) is 96.3 Å². The van der Waals surface area contributed by atoms with E-state index in [0.29, 0.717) is 6.61 Å². The number of benzene rings is 2. The van der Waals surface area contributed by atoms with E-state index in [9.17, 15) is 14.7 Å². The number of carbonyl (C=O) groups is 2. The standard InChI is InChI=1S/C31H35N3O4S/c1-19-5-10-27(38-17-24-9-6-21(14-20(24)2)29(35)33-11-3-4-12-33)25(13-19)26-18-39-31(32-26)34-15-22-7-8-23(16-34)28(22)30(36)37/h5-6,9-10,13-14,18,22-23,28H,3-4,7-8,11-12,15-17H2,1-2H3,(H,36,37)/t22-,23?,28?/m1/s1. The van der Waals surface area contributed by atoms with Crippen LogP contribution in [0.15, 0.2) is 41.8 Å². The van der Waals surface area contributed by atoms with Crippen molar-refractivity contribution in [1.82, 2.24) is 9.88 Å². The number of aromatic nitrogens is 1. The average Bonchev–Trinajstić information content (AvgIpc) is 3.68. The van der Waals surface area contributed by atoms with Crippen molar-refractivity contribution >= 4 is 28.3 Å². The van der Waals surface area contributed by atoms with Gasteiger partial charge in [0.25, 0.3) is 5.91 Å². The molecular weight excluding hydrogens is 510 g/mol. The zero-order valence-electron chi connectivity index (χ0n) is 22.6. The fourth-order valence-electron chi connectivity index (χ4n) is 6.53. The lowest BCUT2D eigenvalue weighted by atomic mass is 9.85. The molecule has 3 aromatic rings. The molecule has 39 heavy (non-hydrogen) atoms. The Hall–Kier alpha value is -3.39. The Labute approximate surface area is 233 Å². The van der Waals surface area contributed by atoms with Crippen molar-refractivity contribution in [3.8, 4) is 17.0 Å². The third-order valence-corrected chi connectivity index (χ3v) is 9.56. The molecule has 1 aromatic heterocycles. The number of nitrogens with zero attached hydrogens (tertiary/aromatic N) is 3. The SMILES string of the molecule is Cc1ccc(OCc2ccc(C(=O)N3CCCC3)cc2C)c(-c2csc(N3CC4CC[C@H](C3)C4C(=O)O)n2)c1. The highest BCUT2D eigenvalue weighted by molar-refractivity contribution is 7.14. The van der Waals surface area contributed by atoms with Crippen LogP contribution in [-0.2, 0) is 11.4 Å². The first-order valence-electron chi connectivity index (χ1n) is 13.9. The van der Waals surface area contributed by atoms with E-state index in [1.54, 1.807) is 11.3 Å². The maximum atomic E-state index is 12.8. The summed E-state index contributed by atoms with van der Waals surface area (Å²) in [6.07, 6.45) is 4.14. The molecular formula is C31H35N3O4S. The van der Waals surface area contributed by atoms with Crippen molar-refractivity contribution in [1.29, 1.82) is 0 Å². The Balaban J connectivity index is 1.17. The molecule has 2 aromatic carbocycles. The Morgan fingerprint density at radius 1 is 1.05 bits per heavy atom. The Morgan fingerprint density at radius 2 is 1.79 bits per heavy atom. The van der Waals surface area contributed by atoms with Crippen LogP contribution in [0.4, 0.5) is 5.13 Å². The summed E-state index contributed by atoms with van der Waals surface area (Å²) in [4.78, 5) is 33.7. The number of aryl methyl sites for hydroxylation is 2. The van der Waals surface area contributed by atoms with Crippen LogP contribution in [0.2, 0.25) is 0 Å². The van der Waals surface area contributed by atoms with Crippen LogP contribution in [0.5, 0.6) is 5.75 Å². The summed E-state index contributed by atoms with van der Waals surface area (Å²) in [6, 6.07) is 12.0. The van der Waals surface area contributed by atoms with Crippen molar-refractivity contribution in [2.75, 3.05) is 31.1 Å². The van der Waals surface area contributed by atoms with Crippen LogP contribution >= 0.6 is 11.3 Å². The molecule has 8 heteroatoms. The molecule has 2 saturated heterocycles.